The first-order chi connectivity index (χ1) is 8.70. The highest BCUT2D eigenvalue weighted by molar-refractivity contribution is 7.08. The number of nitrogens with zero attached hydrogens (tertiary/aromatic N) is 1. The molecule has 2 rings (SSSR count). The predicted molar refractivity (Wildman–Crippen MR) is 68.4 cm³/mol. The van der Waals surface area contributed by atoms with Gasteiger partial charge in [-0.3, -0.25) is 4.79 Å². The molecule has 2 N–H and O–H groups in total. The first-order valence-corrected chi connectivity index (χ1v) is 6.51. The van der Waals surface area contributed by atoms with E-state index < -0.39 is 0 Å². The van der Waals surface area contributed by atoms with E-state index in [4.69, 9.17) is 9.52 Å². The van der Waals surface area contributed by atoms with Crippen LogP contribution < -0.4 is 5.32 Å². The topological polar surface area (TPSA) is 75.4 Å². The van der Waals surface area contributed by atoms with E-state index >= 15 is 0 Å². The van der Waals surface area contributed by atoms with Crippen molar-refractivity contribution in [3.05, 3.63) is 28.3 Å². The van der Waals surface area contributed by atoms with Crippen molar-refractivity contribution >= 4 is 17.2 Å². The number of amides is 1. The van der Waals surface area contributed by atoms with Crippen molar-refractivity contribution in [1.82, 2.24) is 10.3 Å². The zero-order valence-corrected chi connectivity index (χ0v) is 10.8. The lowest BCUT2D eigenvalue weighted by molar-refractivity contribution is -0.120. The molecule has 6 heteroatoms. The number of carbonyl (C=O) groups excluding carboxylic acids is 1. The van der Waals surface area contributed by atoms with Crippen molar-refractivity contribution in [3.8, 4) is 11.5 Å². The first kappa shape index (κ1) is 12.8. The zero-order chi connectivity index (χ0) is 13.0. The SMILES string of the molecule is Cc1oc(-c2ccsc2)nc1CC(=O)NCCO. The van der Waals surface area contributed by atoms with Crippen LogP contribution in [-0.2, 0) is 11.2 Å². The van der Waals surface area contributed by atoms with Crippen LogP contribution in [0.15, 0.2) is 21.2 Å². The largest absolute Gasteiger partial charge is 0.441 e. The van der Waals surface area contributed by atoms with Gasteiger partial charge in [0.05, 0.1) is 18.7 Å². The van der Waals surface area contributed by atoms with Crippen molar-refractivity contribution in [2.24, 2.45) is 0 Å². The molecule has 0 saturated heterocycles. The molecule has 18 heavy (non-hydrogen) atoms. The summed E-state index contributed by atoms with van der Waals surface area (Å²) in [5, 5.41) is 15.1. The fourth-order valence-corrected chi connectivity index (χ4v) is 2.14. The molecule has 1 amide bonds. The number of aliphatic hydroxyl groups is 1. The number of oxazole rings is 1. The van der Waals surface area contributed by atoms with E-state index in [1.807, 2.05) is 16.8 Å². The van der Waals surface area contributed by atoms with Gasteiger partial charge in [0.15, 0.2) is 0 Å². The van der Waals surface area contributed by atoms with Gasteiger partial charge in [0.2, 0.25) is 11.8 Å². The molecule has 0 aliphatic heterocycles. The number of carbonyl (C=O) groups is 1. The second-order valence-corrected chi connectivity index (χ2v) is 4.56. The summed E-state index contributed by atoms with van der Waals surface area (Å²) >= 11 is 1.57. The number of hydrogen-bond acceptors (Lipinski definition) is 5. The van der Waals surface area contributed by atoms with Gasteiger partial charge in [-0.25, -0.2) is 4.98 Å². The summed E-state index contributed by atoms with van der Waals surface area (Å²) in [4.78, 5) is 15.8. The number of aryl methyl sites for hydroxylation is 1. The second kappa shape index (κ2) is 5.79. The second-order valence-electron chi connectivity index (χ2n) is 3.78. The standard InChI is InChI=1S/C12H14N2O3S/c1-8-10(6-11(16)13-3-4-15)14-12(17-8)9-2-5-18-7-9/h2,5,7,15H,3-4,6H2,1H3,(H,13,16). The van der Waals surface area contributed by atoms with Crippen molar-refractivity contribution in [2.75, 3.05) is 13.2 Å². The van der Waals surface area contributed by atoms with Gasteiger partial charge in [0, 0.05) is 17.5 Å². The van der Waals surface area contributed by atoms with Crippen molar-refractivity contribution in [2.45, 2.75) is 13.3 Å². The van der Waals surface area contributed by atoms with Crippen LogP contribution in [0.1, 0.15) is 11.5 Å². The van der Waals surface area contributed by atoms with Gasteiger partial charge in [-0.05, 0) is 18.4 Å². The maximum absolute atomic E-state index is 11.5. The van der Waals surface area contributed by atoms with Crippen LogP contribution in [0, 0.1) is 6.92 Å². The molecule has 0 aromatic carbocycles. The molecular formula is C12H14N2O3S. The van der Waals surface area contributed by atoms with E-state index in [1.54, 1.807) is 18.3 Å². The molecule has 0 radical (unpaired) electrons. The zero-order valence-electron chi connectivity index (χ0n) is 9.97. The van der Waals surface area contributed by atoms with Crippen LogP contribution in [0.2, 0.25) is 0 Å². The molecule has 0 unspecified atom stereocenters. The van der Waals surface area contributed by atoms with Gasteiger partial charge in [-0.1, -0.05) is 0 Å². The van der Waals surface area contributed by atoms with E-state index in [2.05, 4.69) is 10.3 Å². The Bertz CT molecular complexity index is 519. The van der Waals surface area contributed by atoms with E-state index in [-0.39, 0.29) is 25.5 Å². The molecule has 2 heterocycles. The third-order valence-corrected chi connectivity index (χ3v) is 3.11. The predicted octanol–water partition coefficient (Wildman–Crippen LogP) is 1.36. The van der Waals surface area contributed by atoms with Crippen LogP contribution in [-0.4, -0.2) is 29.1 Å². The Morgan fingerprint density at radius 2 is 2.44 bits per heavy atom. The van der Waals surface area contributed by atoms with Crippen LogP contribution >= 0.6 is 11.3 Å². The summed E-state index contributed by atoms with van der Waals surface area (Å²) in [6.45, 7) is 1.98. The third kappa shape index (κ3) is 2.96. The highest BCUT2D eigenvalue weighted by Gasteiger charge is 2.14. The Morgan fingerprint density at radius 3 is 3.11 bits per heavy atom. The van der Waals surface area contributed by atoms with E-state index in [0.717, 1.165) is 5.56 Å². The van der Waals surface area contributed by atoms with Crippen LogP contribution in [0.5, 0.6) is 0 Å². The van der Waals surface area contributed by atoms with E-state index in [0.29, 0.717) is 17.3 Å². The number of thiophene rings is 1. The summed E-state index contributed by atoms with van der Waals surface area (Å²) in [5.74, 6) is 1.02. The lowest BCUT2D eigenvalue weighted by Gasteiger charge is -2.00. The molecule has 2 aromatic rings. The highest BCUT2D eigenvalue weighted by atomic mass is 32.1. The van der Waals surface area contributed by atoms with Gasteiger partial charge in [-0.2, -0.15) is 11.3 Å². The lowest BCUT2D eigenvalue weighted by Crippen LogP contribution is -2.28. The number of rotatable bonds is 5. The minimum atomic E-state index is -0.169. The Hall–Kier alpha value is -1.66. The van der Waals surface area contributed by atoms with Crippen LogP contribution in [0.25, 0.3) is 11.5 Å². The van der Waals surface area contributed by atoms with Crippen molar-refractivity contribution in [3.63, 3.8) is 0 Å². The van der Waals surface area contributed by atoms with Gasteiger partial charge in [0.25, 0.3) is 0 Å². The summed E-state index contributed by atoms with van der Waals surface area (Å²) in [7, 11) is 0. The Balaban J connectivity index is 2.08. The van der Waals surface area contributed by atoms with Crippen LogP contribution in [0.3, 0.4) is 0 Å². The van der Waals surface area contributed by atoms with Gasteiger partial charge in [-0.15, -0.1) is 0 Å². The van der Waals surface area contributed by atoms with Gasteiger partial charge in [0.1, 0.15) is 5.76 Å². The monoisotopic (exact) mass is 266 g/mol. The average molecular weight is 266 g/mol. The Morgan fingerprint density at radius 1 is 1.61 bits per heavy atom. The van der Waals surface area contributed by atoms with E-state index in [9.17, 15) is 4.79 Å². The fraction of sp³-hybridized carbons (Fsp3) is 0.333. The normalized spacial score (nSPS) is 10.6. The number of hydrogen-bond donors (Lipinski definition) is 2. The molecule has 0 aliphatic rings. The Labute approximate surface area is 108 Å². The molecule has 0 aliphatic carbocycles. The fourth-order valence-electron chi connectivity index (χ4n) is 1.51. The average Bonchev–Trinajstić information content (AvgIpc) is 2.97. The molecular weight excluding hydrogens is 252 g/mol. The summed E-state index contributed by atoms with van der Waals surface area (Å²) in [6, 6.07) is 1.92. The maximum Gasteiger partial charge on any atom is 0.227 e. The molecule has 2 aromatic heterocycles. The van der Waals surface area contributed by atoms with Crippen molar-refractivity contribution in [1.29, 1.82) is 0 Å². The molecule has 96 valence electrons. The highest BCUT2D eigenvalue weighted by Crippen LogP contribution is 2.23. The molecule has 0 saturated carbocycles. The summed E-state index contributed by atoms with van der Waals surface area (Å²) in [5.41, 5.74) is 1.55. The summed E-state index contributed by atoms with van der Waals surface area (Å²) in [6.07, 6.45) is 0.166. The minimum Gasteiger partial charge on any atom is -0.441 e. The Kier molecular flexibility index (Phi) is 4.11. The minimum absolute atomic E-state index is 0.0658. The van der Waals surface area contributed by atoms with Gasteiger partial charge >= 0.3 is 0 Å². The number of aliphatic hydroxyl groups excluding tert-OH is 1. The molecule has 0 bridgehead atoms. The molecule has 5 nitrogen and oxygen atoms in total. The van der Waals surface area contributed by atoms with Crippen LogP contribution in [0.4, 0.5) is 0 Å². The lowest BCUT2D eigenvalue weighted by atomic mass is 10.2. The molecule has 0 spiro atoms. The quantitative estimate of drug-likeness (QED) is 0.857. The maximum atomic E-state index is 11.5. The first-order valence-electron chi connectivity index (χ1n) is 5.57. The van der Waals surface area contributed by atoms with Gasteiger partial charge < -0.3 is 14.8 Å². The van der Waals surface area contributed by atoms with Crippen molar-refractivity contribution < 1.29 is 14.3 Å². The molecule has 0 fully saturated rings. The van der Waals surface area contributed by atoms with E-state index in [1.165, 1.54) is 0 Å². The smallest absolute Gasteiger partial charge is 0.227 e. The number of nitrogens with one attached hydrogen (secondary N) is 1. The third-order valence-electron chi connectivity index (χ3n) is 2.42. The number of aromatic nitrogens is 1. The molecule has 0 atom stereocenters. The summed E-state index contributed by atoms with van der Waals surface area (Å²) < 4.78 is 5.53.